The van der Waals surface area contributed by atoms with Crippen molar-refractivity contribution in [2.45, 2.75) is 70.8 Å². The van der Waals surface area contributed by atoms with E-state index in [1.54, 1.807) is 0 Å². The maximum Gasteiger partial charge on any atom is 0.508 e. The van der Waals surface area contributed by atoms with Crippen molar-refractivity contribution in [3.05, 3.63) is 120 Å². The molecule has 0 radical (unpaired) electrons. The van der Waals surface area contributed by atoms with Crippen LogP contribution in [-0.2, 0) is 14.9 Å². The second kappa shape index (κ2) is 13.6. The van der Waals surface area contributed by atoms with Gasteiger partial charge in [-0.25, -0.2) is 4.79 Å². The predicted molar refractivity (Wildman–Crippen MR) is 201 cm³/mol. The summed E-state index contributed by atoms with van der Waals surface area (Å²) in [5, 5.41) is 0. The Labute approximate surface area is 293 Å². The molecule has 1 heterocycles. The van der Waals surface area contributed by atoms with Crippen molar-refractivity contribution in [2.75, 3.05) is 6.61 Å². The molecule has 0 aliphatic heterocycles. The van der Waals surface area contributed by atoms with Gasteiger partial charge in [-0.15, -0.1) is 0 Å². The van der Waals surface area contributed by atoms with Crippen LogP contribution in [0, 0.1) is 0 Å². The summed E-state index contributed by atoms with van der Waals surface area (Å²) >= 11 is 1.26. The Morgan fingerprint density at radius 1 is 0.694 bits per heavy atom. The number of rotatable bonds is 11. The van der Waals surface area contributed by atoms with Crippen molar-refractivity contribution in [1.82, 2.24) is 8.75 Å². The molecule has 1 aromatic heterocycles. The third kappa shape index (κ3) is 6.50. The highest BCUT2D eigenvalue weighted by atomic mass is 32.1. The van der Waals surface area contributed by atoms with Gasteiger partial charge >= 0.3 is 6.16 Å². The summed E-state index contributed by atoms with van der Waals surface area (Å²) in [5.41, 5.74) is 12.9. The van der Waals surface area contributed by atoms with Crippen LogP contribution in [0.25, 0.3) is 55.5 Å². The predicted octanol–water partition coefficient (Wildman–Crippen LogP) is 11.9. The number of nitrogens with zero attached hydrogens (tertiary/aromatic N) is 2. The van der Waals surface area contributed by atoms with Crippen LogP contribution < -0.4 is 0 Å². The number of ether oxygens (including phenoxy) is 2. The van der Waals surface area contributed by atoms with Gasteiger partial charge in [0.25, 0.3) is 0 Å². The van der Waals surface area contributed by atoms with E-state index in [0.717, 1.165) is 59.0 Å². The lowest BCUT2D eigenvalue weighted by Crippen LogP contribution is -2.29. The van der Waals surface area contributed by atoms with Crippen LogP contribution in [0.4, 0.5) is 4.79 Å². The van der Waals surface area contributed by atoms with E-state index in [-0.39, 0.29) is 5.41 Å². The molecule has 0 saturated heterocycles. The van der Waals surface area contributed by atoms with Crippen LogP contribution in [0.3, 0.4) is 0 Å². The van der Waals surface area contributed by atoms with Crippen LogP contribution in [-0.4, -0.2) is 27.1 Å². The van der Waals surface area contributed by atoms with Crippen molar-refractivity contribution in [3.8, 4) is 44.5 Å². The van der Waals surface area contributed by atoms with E-state index in [1.807, 2.05) is 19.9 Å². The molecule has 5 aromatic carbocycles. The summed E-state index contributed by atoms with van der Waals surface area (Å²) in [6, 6.07) is 38.9. The first-order chi connectivity index (χ1) is 23.8. The zero-order valence-electron chi connectivity index (χ0n) is 28.7. The van der Waals surface area contributed by atoms with Crippen LogP contribution in [0.5, 0.6) is 0 Å². The largest absolute Gasteiger partial charge is 0.508 e. The van der Waals surface area contributed by atoms with Gasteiger partial charge in [0.05, 0.1) is 18.3 Å². The molecule has 49 heavy (non-hydrogen) atoms. The van der Waals surface area contributed by atoms with E-state index in [0.29, 0.717) is 13.0 Å². The maximum absolute atomic E-state index is 12.6. The quantitative estimate of drug-likeness (QED) is 0.102. The fourth-order valence-corrected chi connectivity index (χ4v) is 7.88. The lowest BCUT2D eigenvalue weighted by Gasteiger charge is -2.28. The number of fused-ring (bicyclic) bond motifs is 4. The van der Waals surface area contributed by atoms with E-state index in [9.17, 15) is 4.79 Å². The van der Waals surface area contributed by atoms with Crippen LogP contribution in [0.2, 0.25) is 0 Å². The lowest BCUT2D eigenvalue weighted by molar-refractivity contribution is -0.0219. The summed E-state index contributed by atoms with van der Waals surface area (Å²) in [5.74, 6) is 0. The molecule has 0 N–H and O–H groups in total. The Hall–Kier alpha value is -4.81. The maximum atomic E-state index is 12.6. The summed E-state index contributed by atoms with van der Waals surface area (Å²) < 4.78 is 20.8. The van der Waals surface area contributed by atoms with Crippen LogP contribution >= 0.6 is 11.7 Å². The minimum absolute atomic E-state index is 0.299. The van der Waals surface area contributed by atoms with Crippen molar-refractivity contribution < 1.29 is 14.3 Å². The molecule has 248 valence electrons. The molecule has 7 rings (SSSR count). The third-order valence-electron chi connectivity index (χ3n) is 9.97. The monoisotopic (exact) mass is 666 g/mol. The van der Waals surface area contributed by atoms with Gasteiger partial charge in [-0.1, -0.05) is 117 Å². The highest BCUT2D eigenvalue weighted by Gasteiger charge is 2.39. The van der Waals surface area contributed by atoms with Gasteiger partial charge in [-0.3, -0.25) is 0 Å². The molecule has 0 bridgehead atoms. The van der Waals surface area contributed by atoms with E-state index < -0.39 is 11.8 Å². The molecule has 6 aromatic rings. The highest BCUT2D eigenvalue weighted by Crippen LogP contribution is 2.53. The molecule has 0 spiro atoms. The molecule has 0 amide bonds. The summed E-state index contributed by atoms with van der Waals surface area (Å²) in [6.07, 6.45) is 3.79. The fourth-order valence-electron chi connectivity index (χ4n) is 7.30. The SMILES string of the molecule is CCCCC(C)(C)OC(=O)OCCCC1(C)c2cc(-c3ccccc3)ccc2-c2ccc(-c3ccc(-c4ccccc4)c4nsnc34)cc21. The number of aromatic nitrogens is 2. The molecular weight excluding hydrogens is 625 g/mol. The van der Waals surface area contributed by atoms with Gasteiger partial charge in [-0.05, 0) is 96.2 Å². The molecule has 0 saturated carbocycles. The minimum atomic E-state index is -0.591. The van der Waals surface area contributed by atoms with Gasteiger partial charge < -0.3 is 9.47 Å². The van der Waals surface area contributed by atoms with Gasteiger partial charge in [0, 0.05) is 16.5 Å². The zero-order chi connectivity index (χ0) is 34.0. The number of hydrogen-bond donors (Lipinski definition) is 0. The van der Waals surface area contributed by atoms with Crippen molar-refractivity contribution in [1.29, 1.82) is 0 Å². The summed E-state index contributed by atoms with van der Waals surface area (Å²) in [7, 11) is 0. The Morgan fingerprint density at radius 2 is 1.24 bits per heavy atom. The van der Waals surface area contributed by atoms with Crippen molar-refractivity contribution >= 4 is 28.9 Å². The third-order valence-corrected chi connectivity index (χ3v) is 10.5. The Balaban J connectivity index is 1.22. The standard InChI is InChI=1S/C43H42N2O3S/c1-5-6-24-42(2,3)48-41(46)47-26-13-25-43(4)37-27-31(29-14-9-7-10-15-29)18-20-35(37)36-21-19-32(28-38(36)43)34-23-22-33(30-16-11-8-12-17-30)39-40(34)45-49-44-39/h7-12,14-23,27-28H,5-6,13,24-26H2,1-4H3. The zero-order valence-corrected chi connectivity index (χ0v) is 29.5. The molecular formula is C43H42N2O3S. The molecule has 1 atom stereocenters. The van der Waals surface area contributed by atoms with Crippen molar-refractivity contribution in [2.24, 2.45) is 0 Å². The molecule has 6 heteroatoms. The number of benzene rings is 5. The van der Waals surface area contributed by atoms with Crippen molar-refractivity contribution in [3.63, 3.8) is 0 Å². The van der Waals surface area contributed by atoms with E-state index in [1.165, 1.54) is 45.1 Å². The van der Waals surface area contributed by atoms with Gasteiger partial charge in [-0.2, -0.15) is 8.75 Å². The number of carbonyl (C=O) groups excluding carboxylic acids is 1. The number of unbranched alkanes of at least 4 members (excludes halogenated alkanes) is 1. The smallest absolute Gasteiger partial charge is 0.434 e. The molecule has 0 fully saturated rings. The first-order valence-electron chi connectivity index (χ1n) is 17.3. The molecule has 1 unspecified atom stereocenters. The van der Waals surface area contributed by atoms with Crippen LogP contribution in [0.15, 0.2) is 109 Å². The molecule has 1 aliphatic rings. The second-order valence-corrected chi connectivity index (χ2v) is 14.4. The summed E-state index contributed by atoms with van der Waals surface area (Å²) in [6.45, 7) is 8.67. The lowest BCUT2D eigenvalue weighted by atomic mass is 9.75. The van der Waals surface area contributed by atoms with Gasteiger partial charge in [0.2, 0.25) is 0 Å². The first-order valence-corrected chi connectivity index (χ1v) is 18.0. The molecule has 5 nitrogen and oxygen atoms in total. The minimum Gasteiger partial charge on any atom is -0.434 e. The number of carbonyl (C=O) groups is 1. The second-order valence-electron chi connectivity index (χ2n) is 13.9. The number of hydrogen-bond acceptors (Lipinski definition) is 6. The first kappa shape index (κ1) is 32.7. The normalized spacial score (nSPS) is 15.2. The average Bonchev–Trinajstić information content (AvgIpc) is 3.71. The molecule has 1 aliphatic carbocycles. The Bertz CT molecular complexity index is 2110. The Kier molecular flexibility index (Phi) is 9.08. The average molecular weight is 667 g/mol. The van der Waals surface area contributed by atoms with Crippen LogP contribution in [0.1, 0.15) is 70.9 Å². The van der Waals surface area contributed by atoms with E-state index in [4.69, 9.17) is 18.2 Å². The van der Waals surface area contributed by atoms with E-state index >= 15 is 0 Å². The summed E-state index contributed by atoms with van der Waals surface area (Å²) in [4.78, 5) is 12.6. The van der Waals surface area contributed by atoms with E-state index in [2.05, 4.69) is 117 Å². The topological polar surface area (TPSA) is 61.3 Å². The fraction of sp³-hybridized carbons (Fsp3) is 0.279. The highest BCUT2D eigenvalue weighted by molar-refractivity contribution is 7.00. The van der Waals surface area contributed by atoms with Gasteiger partial charge in [0.1, 0.15) is 16.6 Å². The Morgan fingerprint density at radius 3 is 1.88 bits per heavy atom. The van der Waals surface area contributed by atoms with Gasteiger partial charge in [0.15, 0.2) is 0 Å².